The first-order valence-corrected chi connectivity index (χ1v) is 6.41. The molecule has 3 aromatic rings. The normalized spacial score (nSPS) is 11.1. The quantitative estimate of drug-likeness (QED) is 0.685. The molecule has 1 N–H and O–H groups in total. The van der Waals surface area contributed by atoms with Crippen LogP contribution in [0.3, 0.4) is 0 Å². The van der Waals surface area contributed by atoms with Crippen LogP contribution in [0.15, 0.2) is 40.9 Å². The van der Waals surface area contributed by atoms with Gasteiger partial charge in [0.1, 0.15) is 11.6 Å². The van der Waals surface area contributed by atoms with Gasteiger partial charge in [-0.15, -0.1) is 0 Å². The summed E-state index contributed by atoms with van der Waals surface area (Å²) in [6, 6.07) is 10.2. The fraction of sp³-hybridized carbons (Fsp3) is 0. The summed E-state index contributed by atoms with van der Waals surface area (Å²) in [5.41, 5.74) is 2.06. The van der Waals surface area contributed by atoms with Gasteiger partial charge >= 0.3 is 0 Å². The minimum absolute atomic E-state index is 0.370. The highest BCUT2D eigenvalue weighted by Gasteiger charge is 2.10. The fourth-order valence-electron chi connectivity index (χ4n) is 1.79. The molecule has 90 valence electrons. The van der Waals surface area contributed by atoms with Crippen LogP contribution in [0.2, 0.25) is 5.02 Å². The number of benzene rings is 2. The standard InChI is InChI=1S/C13H7BrClFN2/c14-7-1-4-11-12(5-7)18-13(17-11)9-3-2-8(15)6-10(9)16/h1-6H,(H,17,18). The van der Waals surface area contributed by atoms with Crippen molar-refractivity contribution in [1.82, 2.24) is 9.97 Å². The van der Waals surface area contributed by atoms with Crippen LogP contribution in [0.4, 0.5) is 4.39 Å². The van der Waals surface area contributed by atoms with Gasteiger partial charge < -0.3 is 4.98 Å². The number of nitrogens with zero attached hydrogens (tertiary/aromatic N) is 1. The maximum atomic E-state index is 13.8. The Morgan fingerprint density at radius 2 is 2.00 bits per heavy atom. The third-order valence-electron chi connectivity index (χ3n) is 2.63. The van der Waals surface area contributed by atoms with Crippen LogP contribution in [0.1, 0.15) is 0 Å². The molecule has 3 rings (SSSR count). The zero-order valence-corrected chi connectivity index (χ0v) is 11.4. The molecule has 0 aliphatic rings. The molecule has 0 fully saturated rings. The number of hydrogen-bond donors (Lipinski definition) is 1. The van der Waals surface area contributed by atoms with Crippen LogP contribution in [-0.2, 0) is 0 Å². The monoisotopic (exact) mass is 324 g/mol. The van der Waals surface area contributed by atoms with E-state index in [1.807, 2.05) is 18.2 Å². The Bertz CT molecular complexity index is 739. The lowest BCUT2D eigenvalue weighted by atomic mass is 10.2. The number of H-pyrrole nitrogens is 1. The molecule has 18 heavy (non-hydrogen) atoms. The summed E-state index contributed by atoms with van der Waals surface area (Å²) in [6.45, 7) is 0. The van der Waals surface area contributed by atoms with Crippen molar-refractivity contribution < 1.29 is 4.39 Å². The Morgan fingerprint density at radius 1 is 1.17 bits per heavy atom. The van der Waals surface area contributed by atoms with Crippen LogP contribution in [0, 0.1) is 5.82 Å². The summed E-state index contributed by atoms with van der Waals surface area (Å²) < 4.78 is 14.7. The molecular formula is C13H7BrClFN2. The minimum atomic E-state index is -0.388. The molecule has 0 spiro atoms. The van der Waals surface area contributed by atoms with Gasteiger partial charge in [-0.1, -0.05) is 27.5 Å². The van der Waals surface area contributed by atoms with Gasteiger partial charge in [0, 0.05) is 9.50 Å². The molecule has 1 aromatic heterocycles. The van der Waals surface area contributed by atoms with E-state index in [1.54, 1.807) is 12.1 Å². The van der Waals surface area contributed by atoms with Crippen molar-refractivity contribution in [1.29, 1.82) is 0 Å². The molecule has 2 nitrogen and oxygen atoms in total. The third kappa shape index (κ3) is 2.02. The molecule has 0 amide bonds. The summed E-state index contributed by atoms with van der Waals surface area (Å²) in [5.74, 6) is 0.109. The highest BCUT2D eigenvalue weighted by atomic mass is 79.9. The number of aromatic amines is 1. The minimum Gasteiger partial charge on any atom is -0.338 e. The van der Waals surface area contributed by atoms with E-state index in [0.29, 0.717) is 16.4 Å². The number of hydrogen-bond acceptors (Lipinski definition) is 1. The lowest BCUT2D eigenvalue weighted by Crippen LogP contribution is -1.85. The Morgan fingerprint density at radius 3 is 2.78 bits per heavy atom. The Hall–Kier alpha value is -1.39. The van der Waals surface area contributed by atoms with Crippen LogP contribution in [-0.4, -0.2) is 9.97 Å². The Kier molecular flexibility index (Phi) is 2.84. The van der Waals surface area contributed by atoms with Crippen LogP contribution < -0.4 is 0 Å². The number of imidazole rings is 1. The number of nitrogens with one attached hydrogen (secondary N) is 1. The van der Waals surface area contributed by atoms with Gasteiger partial charge in [-0.25, -0.2) is 9.37 Å². The zero-order valence-electron chi connectivity index (χ0n) is 9.05. The van der Waals surface area contributed by atoms with E-state index in [2.05, 4.69) is 25.9 Å². The van der Waals surface area contributed by atoms with Gasteiger partial charge in [-0.3, -0.25) is 0 Å². The maximum Gasteiger partial charge on any atom is 0.141 e. The van der Waals surface area contributed by atoms with Gasteiger partial charge in [0.2, 0.25) is 0 Å². The number of fused-ring (bicyclic) bond motifs is 1. The molecule has 0 atom stereocenters. The molecule has 0 unspecified atom stereocenters. The second-order valence-corrected chi connectivity index (χ2v) is 5.22. The second kappa shape index (κ2) is 4.37. The van der Waals surface area contributed by atoms with Crippen LogP contribution >= 0.6 is 27.5 Å². The van der Waals surface area contributed by atoms with Crippen molar-refractivity contribution >= 4 is 38.6 Å². The SMILES string of the molecule is Fc1cc(Cl)ccc1-c1nc2ccc(Br)cc2[nH]1. The lowest BCUT2D eigenvalue weighted by molar-refractivity contribution is 0.630. The van der Waals surface area contributed by atoms with Crippen LogP contribution in [0.5, 0.6) is 0 Å². The van der Waals surface area contributed by atoms with Crippen molar-refractivity contribution in [3.8, 4) is 11.4 Å². The molecular weight excluding hydrogens is 319 g/mol. The summed E-state index contributed by atoms with van der Waals surface area (Å²) >= 11 is 9.11. The van der Waals surface area contributed by atoms with Gasteiger partial charge in [-0.2, -0.15) is 0 Å². The van der Waals surface area contributed by atoms with Crippen molar-refractivity contribution in [3.63, 3.8) is 0 Å². The molecule has 0 bridgehead atoms. The molecule has 0 saturated heterocycles. The van der Waals surface area contributed by atoms with Crippen molar-refractivity contribution in [2.45, 2.75) is 0 Å². The highest BCUT2D eigenvalue weighted by molar-refractivity contribution is 9.10. The Labute approximate surface area is 116 Å². The van der Waals surface area contributed by atoms with Crippen molar-refractivity contribution in [2.24, 2.45) is 0 Å². The Balaban J connectivity index is 2.19. The maximum absolute atomic E-state index is 13.8. The number of rotatable bonds is 1. The van der Waals surface area contributed by atoms with Gasteiger partial charge in [0.25, 0.3) is 0 Å². The third-order valence-corrected chi connectivity index (χ3v) is 3.36. The second-order valence-electron chi connectivity index (χ2n) is 3.87. The molecule has 1 heterocycles. The van der Waals surface area contributed by atoms with E-state index in [9.17, 15) is 4.39 Å². The zero-order chi connectivity index (χ0) is 12.7. The summed E-state index contributed by atoms with van der Waals surface area (Å²) in [6.07, 6.45) is 0. The van der Waals surface area contributed by atoms with E-state index in [1.165, 1.54) is 6.07 Å². The predicted octanol–water partition coefficient (Wildman–Crippen LogP) is 4.78. The van der Waals surface area contributed by atoms with E-state index in [-0.39, 0.29) is 5.82 Å². The van der Waals surface area contributed by atoms with Crippen molar-refractivity contribution in [2.75, 3.05) is 0 Å². The molecule has 5 heteroatoms. The topological polar surface area (TPSA) is 28.7 Å². The van der Waals surface area contributed by atoms with E-state index in [0.717, 1.165) is 15.5 Å². The largest absolute Gasteiger partial charge is 0.338 e. The first-order valence-electron chi connectivity index (χ1n) is 5.24. The molecule has 0 aliphatic heterocycles. The van der Waals surface area contributed by atoms with Gasteiger partial charge in [0.05, 0.1) is 16.6 Å². The average molecular weight is 326 g/mol. The molecule has 2 aromatic carbocycles. The molecule has 0 radical (unpaired) electrons. The van der Waals surface area contributed by atoms with E-state index in [4.69, 9.17) is 11.6 Å². The fourth-order valence-corrected chi connectivity index (χ4v) is 2.31. The van der Waals surface area contributed by atoms with E-state index >= 15 is 0 Å². The average Bonchev–Trinajstić information content (AvgIpc) is 2.71. The van der Waals surface area contributed by atoms with Crippen molar-refractivity contribution in [3.05, 3.63) is 51.7 Å². The highest BCUT2D eigenvalue weighted by Crippen LogP contribution is 2.26. The molecule has 0 aliphatic carbocycles. The number of halogens is 3. The smallest absolute Gasteiger partial charge is 0.141 e. The first-order chi connectivity index (χ1) is 8.63. The van der Waals surface area contributed by atoms with Gasteiger partial charge in [-0.05, 0) is 36.4 Å². The van der Waals surface area contributed by atoms with E-state index < -0.39 is 0 Å². The molecule has 0 saturated carbocycles. The predicted molar refractivity (Wildman–Crippen MR) is 74.2 cm³/mol. The number of aromatic nitrogens is 2. The lowest BCUT2D eigenvalue weighted by Gasteiger charge is -1.99. The summed E-state index contributed by atoms with van der Waals surface area (Å²) in [4.78, 5) is 7.44. The first kappa shape index (κ1) is 11.7. The summed E-state index contributed by atoms with van der Waals surface area (Å²) in [5, 5.41) is 0.370. The summed E-state index contributed by atoms with van der Waals surface area (Å²) in [7, 11) is 0. The van der Waals surface area contributed by atoms with Gasteiger partial charge in [0.15, 0.2) is 0 Å². The van der Waals surface area contributed by atoms with Crippen LogP contribution in [0.25, 0.3) is 22.4 Å².